The lowest BCUT2D eigenvalue weighted by Gasteiger charge is -2.28. The summed E-state index contributed by atoms with van der Waals surface area (Å²) in [6.45, 7) is 6.24. The van der Waals surface area contributed by atoms with Crippen LogP contribution in [0.2, 0.25) is 0 Å². The van der Waals surface area contributed by atoms with Gasteiger partial charge in [-0.3, -0.25) is 4.79 Å². The molecule has 1 aliphatic carbocycles. The first-order valence-electron chi connectivity index (χ1n) is 8.97. The molecule has 1 amide bonds. The summed E-state index contributed by atoms with van der Waals surface area (Å²) < 4.78 is 13.1. The zero-order chi connectivity index (χ0) is 18.7. The fourth-order valence-electron chi connectivity index (χ4n) is 2.92. The molecular weight excluding hydrogens is 332 g/mol. The van der Waals surface area contributed by atoms with Gasteiger partial charge in [0.15, 0.2) is 17.1 Å². The number of carbonyl (C=O) groups excluding carboxylic acids is 1. The minimum atomic E-state index is -1.06. The molecule has 7 heteroatoms. The number of hydrogen-bond donors (Lipinski definition) is 1. The smallest absolute Gasteiger partial charge is 0.264 e. The third-order valence-corrected chi connectivity index (χ3v) is 4.58. The first-order valence-corrected chi connectivity index (χ1v) is 8.97. The largest absolute Gasteiger partial charge is 0.493 e. The number of hydrogen-bond acceptors (Lipinski definition) is 5. The van der Waals surface area contributed by atoms with Crippen molar-refractivity contribution in [2.75, 3.05) is 7.11 Å². The maximum atomic E-state index is 13.0. The molecule has 0 unspecified atom stereocenters. The van der Waals surface area contributed by atoms with Crippen LogP contribution in [0.3, 0.4) is 0 Å². The molecule has 7 nitrogen and oxygen atoms in total. The molecule has 0 radical (unpaired) electrons. The highest BCUT2D eigenvalue weighted by molar-refractivity contribution is 5.85. The zero-order valence-corrected chi connectivity index (χ0v) is 15.7. The Labute approximate surface area is 153 Å². The molecule has 1 atom stereocenters. The first kappa shape index (κ1) is 18.2. The molecule has 1 N–H and O–H groups in total. The molecule has 1 aromatic carbocycles. The van der Waals surface area contributed by atoms with Gasteiger partial charge in [-0.05, 0) is 51.7 Å². The summed E-state index contributed by atoms with van der Waals surface area (Å²) in [5, 5.41) is 7.36. The number of carbonyl (C=O) groups is 1. The average Bonchev–Trinajstić information content (AvgIpc) is 3.36. The molecule has 1 aromatic heterocycles. The van der Waals surface area contributed by atoms with Crippen LogP contribution in [-0.2, 0) is 11.3 Å². The Morgan fingerprint density at radius 3 is 2.65 bits per heavy atom. The average molecular weight is 358 g/mol. The number of aromatic nitrogens is 3. The Balaban J connectivity index is 1.76. The molecule has 140 valence electrons. The molecule has 1 heterocycles. The first-order chi connectivity index (χ1) is 12.5. The summed E-state index contributed by atoms with van der Waals surface area (Å²) in [5.74, 6) is 2.14. The fraction of sp³-hybridized carbons (Fsp3) is 0.526. The number of benzene rings is 1. The van der Waals surface area contributed by atoms with E-state index in [2.05, 4.69) is 15.4 Å². The van der Waals surface area contributed by atoms with Gasteiger partial charge in [0.2, 0.25) is 0 Å². The van der Waals surface area contributed by atoms with E-state index < -0.39 is 5.60 Å². The monoisotopic (exact) mass is 358 g/mol. The molecule has 3 rings (SSSR count). The van der Waals surface area contributed by atoms with Crippen molar-refractivity contribution in [3.8, 4) is 11.5 Å². The quantitative estimate of drug-likeness (QED) is 0.785. The highest BCUT2D eigenvalue weighted by atomic mass is 16.5. The summed E-state index contributed by atoms with van der Waals surface area (Å²) in [4.78, 5) is 17.3. The minimum absolute atomic E-state index is 0.148. The lowest BCUT2D eigenvalue weighted by atomic mass is 10.1. The van der Waals surface area contributed by atoms with Crippen LogP contribution in [0.5, 0.6) is 11.5 Å². The van der Waals surface area contributed by atoms with Crippen LogP contribution < -0.4 is 14.8 Å². The van der Waals surface area contributed by atoms with E-state index in [9.17, 15) is 4.79 Å². The van der Waals surface area contributed by atoms with Crippen molar-refractivity contribution in [1.29, 1.82) is 0 Å². The van der Waals surface area contributed by atoms with Crippen molar-refractivity contribution in [2.24, 2.45) is 5.92 Å². The Morgan fingerprint density at radius 2 is 2.04 bits per heavy atom. The Morgan fingerprint density at radius 1 is 1.35 bits per heavy atom. The van der Waals surface area contributed by atoms with Gasteiger partial charge >= 0.3 is 0 Å². The highest BCUT2D eigenvalue weighted by Gasteiger charge is 2.40. The van der Waals surface area contributed by atoms with Crippen LogP contribution in [0.25, 0.3) is 0 Å². The molecular formula is C19H26N4O3. The van der Waals surface area contributed by atoms with Gasteiger partial charge in [0.1, 0.15) is 12.2 Å². The number of nitrogens with zero attached hydrogens (tertiary/aromatic N) is 3. The Hall–Kier alpha value is -2.57. The van der Waals surface area contributed by atoms with Crippen molar-refractivity contribution in [3.05, 3.63) is 36.4 Å². The topological polar surface area (TPSA) is 78.3 Å². The van der Waals surface area contributed by atoms with E-state index in [-0.39, 0.29) is 11.9 Å². The van der Waals surface area contributed by atoms with Crippen LogP contribution in [0.4, 0.5) is 0 Å². The normalized spacial score (nSPS) is 15.4. The number of rotatable bonds is 8. The SMILES string of the molecule is CCn1ncnc1[C@@H](NC(=O)C(C)(C)Oc1ccccc1OC)C1CC1. The van der Waals surface area contributed by atoms with Crippen LogP contribution in [0.1, 0.15) is 45.5 Å². The van der Waals surface area contributed by atoms with E-state index in [1.54, 1.807) is 33.1 Å². The van der Waals surface area contributed by atoms with Gasteiger partial charge in [0, 0.05) is 6.54 Å². The van der Waals surface area contributed by atoms with Gasteiger partial charge in [0.05, 0.1) is 13.2 Å². The van der Waals surface area contributed by atoms with Crippen LogP contribution in [0.15, 0.2) is 30.6 Å². The van der Waals surface area contributed by atoms with E-state index in [0.29, 0.717) is 17.4 Å². The number of para-hydroxylation sites is 2. The molecule has 2 aromatic rings. The highest BCUT2D eigenvalue weighted by Crippen LogP contribution is 2.40. The van der Waals surface area contributed by atoms with Crippen molar-refractivity contribution < 1.29 is 14.3 Å². The molecule has 1 saturated carbocycles. The Bertz CT molecular complexity index is 768. The van der Waals surface area contributed by atoms with Crippen molar-refractivity contribution >= 4 is 5.91 Å². The summed E-state index contributed by atoms with van der Waals surface area (Å²) in [6.07, 6.45) is 3.70. The fourth-order valence-corrected chi connectivity index (χ4v) is 2.92. The zero-order valence-electron chi connectivity index (χ0n) is 15.7. The van der Waals surface area contributed by atoms with Gasteiger partial charge in [-0.1, -0.05) is 12.1 Å². The van der Waals surface area contributed by atoms with Crippen molar-refractivity contribution in [2.45, 2.75) is 51.8 Å². The number of aryl methyl sites for hydroxylation is 1. The van der Waals surface area contributed by atoms with E-state index in [1.807, 2.05) is 23.7 Å². The molecule has 0 spiro atoms. The molecule has 0 saturated heterocycles. The molecule has 0 bridgehead atoms. The van der Waals surface area contributed by atoms with Gasteiger partial charge in [0.25, 0.3) is 5.91 Å². The van der Waals surface area contributed by atoms with Crippen molar-refractivity contribution in [1.82, 2.24) is 20.1 Å². The lowest BCUT2D eigenvalue weighted by molar-refractivity contribution is -0.135. The second-order valence-corrected chi connectivity index (χ2v) is 6.99. The Kier molecular flexibility index (Phi) is 5.15. The summed E-state index contributed by atoms with van der Waals surface area (Å²) in [5.41, 5.74) is -1.06. The summed E-state index contributed by atoms with van der Waals surface area (Å²) >= 11 is 0. The predicted molar refractivity (Wildman–Crippen MR) is 97.0 cm³/mol. The van der Waals surface area contributed by atoms with Crippen molar-refractivity contribution in [3.63, 3.8) is 0 Å². The van der Waals surface area contributed by atoms with E-state index >= 15 is 0 Å². The van der Waals surface area contributed by atoms with Gasteiger partial charge in [-0.15, -0.1) is 0 Å². The standard InChI is InChI=1S/C19H26N4O3/c1-5-23-17(20-12-21-23)16(13-10-11-13)22-18(24)19(2,3)26-15-9-7-6-8-14(15)25-4/h6-9,12-13,16H,5,10-11H2,1-4H3,(H,22,24)/t16-/m0/s1. The third kappa shape index (κ3) is 3.81. The van der Waals surface area contributed by atoms with E-state index in [0.717, 1.165) is 25.2 Å². The van der Waals surface area contributed by atoms with E-state index in [1.165, 1.54) is 6.33 Å². The molecule has 1 aliphatic rings. The lowest BCUT2D eigenvalue weighted by Crippen LogP contribution is -2.48. The number of nitrogens with one attached hydrogen (secondary N) is 1. The maximum absolute atomic E-state index is 13.0. The third-order valence-electron chi connectivity index (χ3n) is 4.58. The van der Waals surface area contributed by atoms with Gasteiger partial charge < -0.3 is 14.8 Å². The predicted octanol–water partition coefficient (Wildman–Crippen LogP) is 2.73. The van der Waals surface area contributed by atoms with Gasteiger partial charge in [-0.2, -0.15) is 5.10 Å². The number of amides is 1. The van der Waals surface area contributed by atoms with Gasteiger partial charge in [-0.25, -0.2) is 9.67 Å². The maximum Gasteiger partial charge on any atom is 0.264 e. The molecule has 1 fully saturated rings. The molecule has 26 heavy (non-hydrogen) atoms. The number of ether oxygens (including phenoxy) is 2. The van der Waals surface area contributed by atoms with Crippen LogP contribution in [0, 0.1) is 5.92 Å². The number of methoxy groups -OCH3 is 1. The summed E-state index contributed by atoms with van der Waals surface area (Å²) in [6, 6.07) is 7.16. The summed E-state index contributed by atoms with van der Waals surface area (Å²) in [7, 11) is 1.58. The van der Waals surface area contributed by atoms with E-state index in [4.69, 9.17) is 9.47 Å². The molecule has 0 aliphatic heterocycles. The minimum Gasteiger partial charge on any atom is -0.493 e. The van der Waals surface area contributed by atoms with Crippen LogP contribution >= 0.6 is 0 Å². The second-order valence-electron chi connectivity index (χ2n) is 6.99. The van der Waals surface area contributed by atoms with Crippen LogP contribution in [-0.4, -0.2) is 33.4 Å². The second kappa shape index (κ2) is 7.35.